The van der Waals surface area contributed by atoms with Crippen LogP contribution in [0.5, 0.6) is 0 Å². The van der Waals surface area contributed by atoms with Gasteiger partial charge in [0.15, 0.2) is 0 Å². The molecule has 1 aromatic heterocycles. The van der Waals surface area contributed by atoms with Crippen molar-refractivity contribution in [3.05, 3.63) is 18.0 Å². The fourth-order valence-electron chi connectivity index (χ4n) is 2.42. The van der Waals surface area contributed by atoms with Crippen molar-refractivity contribution in [2.24, 2.45) is 5.92 Å². The van der Waals surface area contributed by atoms with Gasteiger partial charge in [0.25, 0.3) is 0 Å². The molecule has 1 aliphatic heterocycles. The standard InChI is InChI=1S/C12H21N3O/c1-3-13-12(10-6-8-16-9-10)11-5-7-14-15(11)4-2/h5,7,10,12-13H,3-4,6,8-9H2,1-2H3. The number of aryl methyl sites for hydroxylation is 1. The van der Waals surface area contributed by atoms with Crippen LogP contribution in [0.4, 0.5) is 0 Å². The maximum atomic E-state index is 5.49. The Kier molecular flexibility index (Phi) is 3.96. The van der Waals surface area contributed by atoms with Crippen LogP contribution in [-0.4, -0.2) is 29.5 Å². The first-order valence-corrected chi connectivity index (χ1v) is 6.19. The number of ether oxygens (including phenoxy) is 1. The SMILES string of the molecule is CCNC(c1ccnn1CC)C1CCOC1. The van der Waals surface area contributed by atoms with Gasteiger partial charge in [-0.15, -0.1) is 0 Å². The minimum Gasteiger partial charge on any atom is -0.381 e. The smallest absolute Gasteiger partial charge is 0.0557 e. The molecule has 0 radical (unpaired) electrons. The van der Waals surface area contributed by atoms with Crippen LogP contribution in [0.2, 0.25) is 0 Å². The molecule has 0 amide bonds. The monoisotopic (exact) mass is 223 g/mol. The molecule has 4 nitrogen and oxygen atoms in total. The molecule has 0 bridgehead atoms. The van der Waals surface area contributed by atoms with Crippen LogP contribution in [-0.2, 0) is 11.3 Å². The first-order valence-electron chi connectivity index (χ1n) is 6.19. The molecule has 1 fully saturated rings. The van der Waals surface area contributed by atoms with Gasteiger partial charge < -0.3 is 10.1 Å². The van der Waals surface area contributed by atoms with Crippen molar-refractivity contribution in [1.29, 1.82) is 0 Å². The maximum absolute atomic E-state index is 5.49. The topological polar surface area (TPSA) is 39.1 Å². The highest BCUT2D eigenvalue weighted by Gasteiger charge is 2.28. The van der Waals surface area contributed by atoms with E-state index in [1.54, 1.807) is 0 Å². The largest absolute Gasteiger partial charge is 0.381 e. The molecule has 0 aliphatic carbocycles. The van der Waals surface area contributed by atoms with Crippen molar-refractivity contribution in [2.75, 3.05) is 19.8 Å². The maximum Gasteiger partial charge on any atom is 0.0557 e. The summed E-state index contributed by atoms with van der Waals surface area (Å²) < 4.78 is 7.56. The number of hydrogen-bond acceptors (Lipinski definition) is 3. The molecule has 1 N–H and O–H groups in total. The Morgan fingerprint density at radius 1 is 1.62 bits per heavy atom. The van der Waals surface area contributed by atoms with E-state index in [0.29, 0.717) is 12.0 Å². The molecule has 1 aromatic rings. The summed E-state index contributed by atoms with van der Waals surface area (Å²) in [6.07, 6.45) is 3.03. The molecule has 2 atom stereocenters. The van der Waals surface area contributed by atoms with Crippen molar-refractivity contribution < 1.29 is 4.74 Å². The highest BCUT2D eigenvalue weighted by atomic mass is 16.5. The zero-order valence-electron chi connectivity index (χ0n) is 10.1. The first kappa shape index (κ1) is 11.6. The van der Waals surface area contributed by atoms with E-state index in [2.05, 4.69) is 35.0 Å². The summed E-state index contributed by atoms with van der Waals surface area (Å²) in [6, 6.07) is 2.50. The van der Waals surface area contributed by atoms with Gasteiger partial charge in [0, 0.05) is 25.3 Å². The Morgan fingerprint density at radius 2 is 2.50 bits per heavy atom. The molecule has 2 heterocycles. The van der Waals surface area contributed by atoms with E-state index in [-0.39, 0.29) is 0 Å². The van der Waals surface area contributed by atoms with Crippen molar-refractivity contribution in [2.45, 2.75) is 32.9 Å². The van der Waals surface area contributed by atoms with Crippen LogP contribution in [0, 0.1) is 5.92 Å². The Morgan fingerprint density at radius 3 is 3.12 bits per heavy atom. The minimum atomic E-state index is 0.384. The van der Waals surface area contributed by atoms with E-state index in [1.165, 1.54) is 5.69 Å². The van der Waals surface area contributed by atoms with Crippen molar-refractivity contribution >= 4 is 0 Å². The molecule has 0 spiro atoms. The predicted molar refractivity (Wildman–Crippen MR) is 63.2 cm³/mol. The summed E-state index contributed by atoms with van der Waals surface area (Å²) in [5.41, 5.74) is 1.29. The van der Waals surface area contributed by atoms with Gasteiger partial charge in [-0.25, -0.2) is 0 Å². The number of nitrogens with one attached hydrogen (secondary N) is 1. The second-order valence-corrected chi connectivity index (χ2v) is 4.23. The summed E-state index contributed by atoms with van der Waals surface area (Å²) >= 11 is 0. The second-order valence-electron chi connectivity index (χ2n) is 4.23. The van der Waals surface area contributed by atoms with E-state index in [0.717, 1.165) is 32.7 Å². The summed E-state index contributed by atoms with van der Waals surface area (Å²) in [5.74, 6) is 0.585. The number of nitrogens with zero attached hydrogens (tertiary/aromatic N) is 2. The summed E-state index contributed by atoms with van der Waals surface area (Å²) in [4.78, 5) is 0. The van der Waals surface area contributed by atoms with E-state index in [1.807, 2.05) is 6.20 Å². The molecule has 0 aromatic carbocycles. The van der Waals surface area contributed by atoms with Gasteiger partial charge in [0.05, 0.1) is 18.3 Å². The predicted octanol–water partition coefficient (Wildman–Crippen LogP) is 1.59. The lowest BCUT2D eigenvalue weighted by Gasteiger charge is -2.24. The lowest BCUT2D eigenvalue weighted by Crippen LogP contribution is -2.30. The third-order valence-electron chi connectivity index (χ3n) is 3.23. The van der Waals surface area contributed by atoms with Crippen molar-refractivity contribution in [3.8, 4) is 0 Å². The Labute approximate surface area is 97.0 Å². The molecule has 2 unspecified atom stereocenters. The first-order chi connectivity index (χ1) is 7.86. The fraction of sp³-hybridized carbons (Fsp3) is 0.750. The van der Waals surface area contributed by atoms with Crippen LogP contribution >= 0.6 is 0 Å². The van der Waals surface area contributed by atoms with Crippen LogP contribution < -0.4 is 5.32 Å². The third-order valence-corrected chi connectivity index (χ3v) is 3.23. The van der Waals surface area contributed by atoms with Gasteiger partial charge in [-0.05, 0) is 26.0 Å². The Balaban J connectivity index is 2.17. The third kappa shape index (κ3) is 2.28. The molecular formula is C12H21N3O. The average Bonchev–Trinajstić information content (AvgIpc) is 2.96. The van der Waals surface area contributed by atoms with E-state index in [9.17, 15) is 0 Å². The zero-order chi connectivity index (χ0) is 11.4. The fourth-order valence-corrected chi connectivity index (χ4v) is 2.42. The summed E-state index contributed by atoms with van der Waals surface area (Å²) in [6.45, 7) is 7.95. The second kappa shape index (κ2) is 5.46. The van der Waals surface area contributed by atoms with Gasteiger partial charge in [-0.2, -0.15) is 5.10 Å². The molecule has 0 saturated carbocycles. The van der Waals surface area contributed by atoms with Crippen LogP contribution in [0.25, 0.3) is 0 Å². The van der Waals surface area contributed by atoms with E-state index >= 15 is 0 Å². The zero-order valence-corrected chi connectivity index (χ0v) is 10.1. The Hall–Kier alpha value is -0.870. The van der Waals surface area contributed by atoms with E-state index < -0.39 is 0 Å². The number of rotatable bonds is 5. The molecule has 2 rings (SSSR count). The average molecular weight is 223 g/mol. The van der Waals surface area contributed by atoms with Gasteiger partial charge >= 0.3 is 0 Å². The summed E-state index contributed by atoms with van der Waals surface area (Å²) in [7, 11) is 0. The number of aromatic nitrogens is 2. The van der Waals surface area contributed by atoms with E-state index in [4.69, 9.17) is 4.74 Å². The van der Waals surface area contributed by atoms with Crippen LogP contribution in [0.1, 0.15) is 32.0 Å². The summed E-state index contributed by atoms with van der Waals surface area (Å²) in [5, 5.41) is 7.91. The molecule has 90 valence electrons. The van der Waals surface area contributed by atoms with Gasteiger partial charge in [-0.3, -0.25) is 4.68 Å². The van der Waals surface area contributed by atoms with Crippen LogP contribution in [0.3, 0.4) is 0 Å². The molecule has 16 heavy (non-hydrogen) atoms. The highest BCUT2D eigenvalue weighted by Crippen LogP contribution is 2.28. The molecule has 1 saturated heterocycles. The lowest BCUT2D eigenvalue weighted by atomic mass is 9.96. The van der Waals surface area contributed by atoms with Gasteiger partial charge in [0.2, 0.25) is 0 Å². The highest BCUT2D eigenvalue weighted by molar-refractivity contribution is 5.09. The van der Waals surface area contributed by atoms with Gasteiger partial charge in [0.1, 0.15) is 0 Å². The Bertz CT molecular complexity index is 318. The normalized spacial score (nSPS) is 22.5. The quantitative estimate of drug-likeness (QED) is 0.824. The molecular weight excluding hydrogens is 202 g/mol. The minimum absolute atomic E-state index is 0.384. The molecule has 1 aliphatic rings. The molecule has 4 heteroatoms. The van der Waals surface area contributed by atoms with Crippen molar-refractivity contribution in [3.63, 3.8) is 0 Å². The van der Waals surface area contributed by atoms with Gasteiger partial charge in [-0.1, -0.05) is 6.92 Å². The van der Waals surface area contributed by atoms with Crippen molar-refractivity contribution in [1.82, 2.24) is 15.1 Å². The number of hydrogen-bond donors (Lipinski definition) is 1. The lowest BCUT2D eigenvalue weighted by molar-refractivity contribution is 0.175. The van der Waals surface area contributed by atoms with Crippen LogP contribution in [0.15, 0.2) is 12.3 Å².